The molecule has 0 saturated heterocycles. The molecule has 0 spiro atoms. The van der Waals surface area contributed by atoms with Gasteiger partial charge in [0, 0.05) is 36.5 Å². The number of aromatic nitrogens is 1. The van der Waals surface area contributed by atoms with E-state index in [9.17, 15) is 0 Å². The lowest BCUT2D eigenvalue weighted by atomic mass is 9.65. The van der Waals surface area contributed by atoms with Gasteiger partial charge in [0.25, 0.3) is 0 Å². The van der Waals surface area contributed by atoms with Crippen LogP contribution in [-0.4, -0.2) is 36.4 Å². The lowest BCUT2D eigenvalue weighted by Gasteiger charge is -2.13. The van der Waals surface area contributed by atoms with Gasteiger partial charge in [-0.25, -0.2) is 0 Å². The van der Waals surface area contributed by atoms with Crippen LogP contribution >= 0.6 is 11.3 Å². The number of fused-ring (bicyclic) bond motifs is 10. The molecule has 2 heterocycles. The van der Waals surface area contributed by atoms with E-state index in [4.69, 9.17) is 31.4 Å². The van der Waals surface area contributed by atoms with Crippen molar-refractivity contribution in [3.05, 3.63) is 48.5 Å². The van der Waals surface area contributed by atoms with Crippen molar-refractivity contribution in [2.75, 3.05) is 0 Å². The highest BCUT2D eigenvalue weighted by atomic mass is 32.1. The fourth-order valence-electron chi connectivity index (χ4n) is 4.36. The summed E-state index contributed by atoms with van der Waals surface area (Å²) in [6, 6.07) is 16.7. The number of hydrogen-bond acceptors (Lipinski definition) is 1. The van der Waals surface area contributed by atoms with E-state index in [0.717, 1.165) is 42.0 Å². The van der Waals surface area contributed by atoms with Crippen LogP contribution in [0, 0.1) is 0 Å². The number of benzene rings is 4. The van der Waals surface area contributed by atoms with Crippen molar-refractivity contribution in [1.82, 2.24) is 4.98 Å². The van der Waals surface area contributed by atoms with Crippen molar-refractivity contribution in [2.24, 2.45) is 0 Å². The van der Waals surface area contributed by atoms with E-state index in [-0.39, 0.29) is 0 Å². The Morgan fingerprint density at radius 2 is 1.21 bits per heavy atom. The van der Waals surface area contributed by atoms with Gasteiger partial charge in [-0.05, 0) is 16.8 Å². The Bertz CT molecular complexity index is 1610. The first kappa shape index (κ1) is 16.4. The van der Waals surface area contributed by atoms with Crippen molar-refractivity contribution in [2.45, 2.75) is 0 Å². The first-order valence-corrected chi connectivity index (χ1v) is 9.78. The maximum Gasteiger partial charge on any atom is 0.114 e. The normalized spacial score (nSPS) is 12.1. The Hall–Kier alpha value is -2.58. The topological polar surface area (TPSA) is 15.8 Å². The van der Waals surface area contributed by atoms with Gasteiger partial charge in [-0.15, -0.1) is 22.3 Å². The second-order valence-electron chi connectivity index (χ2n) is 7.13. The lowest BCUT2D eigenvalue weighted by Crippen LogP contribution is -2.47. The van der Waals surface area contributed by atoms with Crippen LogP contribution in [0.1, 0.15) is 0 Å². The third-order valence-electron chi connectivity index (χ3n) is 5.69. The summed E-state index contributed by atoms with van der Waals surface area (Å²) in [5.74, 6) is 0. The third-order valence-corrected chi connectivity index (χ3v) is 6.93. The molecule has 0 saturated carbocycles. The van der Waals surface area contributed by atoms with Crippen LogP contribution in [0.25, 0.3) is 52.8 Å². The predicted octanol–water partition coefficient (Wildman–Crippen LogP) is 2.02. The van der Waals surface area contributed by atoms with Gasteiger partial charge in [-0.2, -0.15) is 0 Å². The van der Waals surface area contributed by atoms with Crippen LogP contribution in [-0.2, 0) is 0 Å². The number of nitrogens with one attached hydrogen (secondary N) is 1. The number of rotatable bonds is 0. The summed E-state index contributed by atoms with van der Waals surface area (Å²) in [5.41, 5.74) is 3.93. The van der Waals surface area contributed by atoms with Gasteiger partial charge < -0.3 is 4.98 Å². The van der Waals surface area contributed by atoms with Crippen LogP contribution in [0.15, 0.2) is 48.5 Å². The standard InChI is InChI=1S/C22H9B4NS/c23-16-15-13-9-5-1-2-6-10(9)20-14(11-7-3-4-8-12(11)27-20)21(13)28-22(15)19(26)18(25)17(16)24/h1-8,27H. The molecule has 0 bridgehead atoms. The van der Waals surface area contributed by atoms with Gasteiger partial charge in [0.05, 0.1) is 5.52 Å². The van der Waals surface area contributed by atoms with Crippen LogP contribution in [0.2, 0.25) is 0 Å². The number of hydrogen-bond donors (Lipinski definition) is 1. The van der Waals surface area contributed by atoms with Crippen LogP contribution in [0.5, 0.6) is 0 Å². The third kappa shape index (κ3) is 1.87. The van der Waals surface area contributed by atoms with E-state index in [1.165, 1.54) is 10.8 Å². The molecule has 0 aliphatic heterocycles. The molecule has 28 heavy (non-hydrogen) atoms. The fourth-order valence-corrected chi connectivity index (χ4v) is 5.72. The number of H-pyrrole nitrogens is 1. The van der Waals surface area contributed by atoms with Gasteiger partial charge in [0.1, 0.15) is 31.4 Å². The molecule has 6 heteroatoms. The zero-order valence-electron chi connectivity index (χ0n) is 14.8. The van der Waals surface area contributed by atoms with Crippen LogP contribution in [0.4, 0.5) is 0 Å². The van der Waals surface area contributed by atoms with E-state index in [0.29, 0.717) is 21.9 Å². The summed E-state index contributed by atoms with van der Waals surface area (Å²) in [6.45, 7) is 0. The van der Waals surface area contributed by atoms with Crippen LogP contribution in [0.3, 0.4) is 0 Å². The van der Waals surface area contributed by atoms with Crippen molar-refractivity contribution < 1.29 is 0 Å². The lowest BCUT2D eigenvalue weighted by molar-refractivity contribution is 1.57. The zero-order valence-corrected chi connectivity index (χ0v) is 15.7. The highest BCUT2D eigenvalue weighted by molar-refractivity contribution is 7.28. The molecule has 6 aromatic rings. The van der Waals surface area contributed by atoms with Crippen LogP contribution < -0.4 is 21.9 Å². The first-order chi connectivity index (χ1) is 13.6. The van der Waals surface area contributed by atoms with E-state index in [2.05, 4.69) is 41.4 Å². The molecule has 0 aliphatic rings. The maximum atomic E-state index is 6.46. The molecule has 0 aliphatic carbocycles. The van der Waals surface area contributed by atoms with E-state index in [1.54, 1.807) is 11.3 Å². The fraction of sp³-hybridized carbons (Fsp3) is 0. The number of thiophene rings is 1. The molecular weight excluding hydrogens is 354 g/mol. The quantitative estimate of drug-likeness (QED) is 0.398. The molecule has 1 N–H and O–H groups in total. The molecule has 0 fully saturated rings. The molecule has 0 atom stereocenters. The molecule has 120 valence electrons. The van der Waals surface area contributed by atoms with E-state index < -0.39 is 0 Å². The van der Waals surface area contributed by atoms with E-state index in [1.807, 2.05) is 12.1 Å². The molecular formula is C22H9B4NS. The molecule has 0 amide bonds. The number of para-hydroxylation sites is 1. The molecule has 0 unspecified atom stereocenters. The largest absolute Gasteiger partial charge is 0.354 e. The highest BCUT2D eigenvalue weighted by Crippen LogP contribution is 2.44. The first-order valence-electron chi connectivity index (χ1n) is 8.97. The summed E-state index contributed by atoms with van der Waals surface area (Å²) >= 11 is 1.63. The van der Waals surface area contributed by atoms with Gasteiger partial charge in [0.15, 0.2) is 0 Å². The van der Waals surface area contributed by atoms with Crippen molar-refractivity contribution in [3.63, 3.8) is 0 Å². The van der Waals surface area contributed by atoms with Gasteiger partial charge in [0.2, 0.25) is 0 Å². The predicted molar refractivity (Wildman–Crippen MR) is 128 cm³/mol. The van der Waals surface area contributed by atoms with Gasteiger partial charge in [-0.3, -0.25) is 0 Å². The summed E-state index contributed by atoms with van der Waals surface area (Å²) in [7, 11) is 25.2. The Morgan fingerprint density at radius 1 is 0.571 bits per heavy atom. The molecule has 4 aromatic carbocycles. The van der Waals surface area contributed by atoms with Gasteiger partial charge >= 0.3 is 0 Å². The second-order valence-corrected chi connectivity index (χ2v) is 8.15. The van der Waals surface area contributed by atoms with Gasteiger partial charge in [-0.1, -0.05) is 53.4 Å². The highest BCUT2D eigenvalue weighted by Gasteiger charge is 2.20. The van der Waals surface area contributed by atoms with Crippen molar-refractivity contribution in [1.29, 1.82) is 0 Å². The Labute approximate surface area is 170 Å². The minimum Gasteiger partial charge on any atom is -0.354 e. The summed E-state index contributed by atoms with van der Waals surface area (Å²) < 4.78 is 2.03. The van der Waals surface area contributed by atoms with Crippen molar-refractivity contribution in [3.8, 4) is 0 Å². The smallest absolute Gasteiger partial charge is 0.114 e. The molecule has 6 rings (SSSR count). The average Bonchev–Trinajstić information content (AvgIpc) is 3.30. The summed E-state index contributed by atoms with van der Waals surface area (Å²) in [6.07, 6.45) is 0. The Balaban J connectivity index is 2.06. The van der Waals surface area contributed by atoms with E-state index >= 15 is 0 Å². The minimum atomic E-state index is 0.354. The molecule has 8 radical (unpaired) electrons. The molecule has 1 nitrogen and oxygen atoms in total. The minimum absolute atomic E-state index is 0.354. The SMILES string of the molecule is [B]c1c([B])c([B])c2c(sc3c4c5ccccc5[nH]c4c4ccccc4c32)c1[B]. The Morgan fingerprint density at radius 3 is 2.00 bits per heavy atom. The molecule has 2 aromatic heterocycles. The van der Waals surface area contributed by atoms with Crippen molar-refractivity contribution >= 4 is 117 Å². The Kier molecular flexibility index (Phi) is 3.21. The number of aromatic amines is 1. The maximum absolute atomic E-state index is 6.46. The zero-order chi connectivity index (χ0) is 19.2. The summed E-state index contributed by atoms with van der Waals surface area (Å²) in [5, 5.41) is 6.61. The second kappa shape index (κ2) is 5.48. The monoisotopic (exact) mass is 363 g/mol. The average molecular weight is 363 g/mol. The summed E-state index contributed by atoms with van der Waals surface area (Å²) in [4.78, 5) is 3.60.